The average molecular weight is 308 g/mol. The SMILES string of the molecule is C=CC(=O)OCc1ccc(C(=O)O/C=C/c2ccccc2)cc1. The molecule has 4 nitrogen and oxygen atoms in total. The molecule has 0 heterocycles. The molecule has 0 saturated heterocycles. The van der Waals surface area contributed by atoms with Gasteiger partial charge in [0.1, 0.15) is 6.61 Å². The summed E-state index contributed by atoms with van der Waals surface area (Å²) in [5, 5.41) is 0. The van der Waals surface area contributed by atoms with E-state index < -0.39 is 11.9 Å². The molecule has 116 valence electrons. The van der Waals surface area contributed by atoms with Crippen LogP contribution in [0, 0.1) is 0 Å². The van der Waals surface area contributed by atoms with Crippen LogP contribution in [0.3, 0.4) is 0 Å². The van der Waals surface area contributed by atoms with E-state index in [1.807, 2.05) is 30.3 Å². The first kappa shape index (κ1) is 16.2. The topological polar surface area (TPSA) is 52.6 Å². The lowest BCUT2D eigenvalue weighted by molar-refractivity contribution is -0.138. The van der Waals surface area contributed by atoms with Crippen LogP contribution in [-0.4, -0.2) is 11.9 Å². The van der Waals surface area contributed by atoms with Gasteiger partial charge < -0.3 is 9.47 Å². The first-order valence-electron chi connectivity index (χ1n) is 7.00. The Hall–Kier alpha value is -3.14. The summed E-state index contributed by atoms with van der Waals surface area (Å²) in [6, 6.07) is 16.2. The minimum atomic E-state index is -0.487. The summed E-state index contributed by atoms with van der Waals surface area (Å²) >= 11 is 0. The fourth-order valence-corrected chi connectivity index (χ4v) is 1.76. The summed E-state index contributed by atoms with van der Waals surface area (Å²) in [7, 11) is 0. The second-order valence-corrected chi connectivity index (χ2v) is 4.63. The predicted molar refractivity (Wildman–Crippen MR) is 87.3 cm³/mol. The molecule has 2 rings (SSSR count). The minimum Gasteiger partial charge on any atom is -0.458 e. The Morgan fingerprint density at radius 3 is 2.35 bits per heavy atom. The summed E-state index contributed by atoms with van der Waals surface area (Å²) < 4.78 is 9.98. The largest absolute Gasteiger partial charge is 0.458 e. The highest BCUT2D eigenvalue weighted by Crippen LogP contribution is 2.08. The summed E-state index contributed by atoms with van der Waals surface area (Å²) in [5.74, 6) is -0.939. The van der Waals surface area contributed by atoms with Crippen LogP contribution in [0.4, 0.5) is 0 Å². The summed E-state index contributed by atoms with van der Waals surface area (Å²) in [6.07, 6.45) is 4.17. The zero-order chi connectivity index (χ0) is 16.5. The van der Waals surface area contributed by atoms with E-state index in [1.54, 1.807) is 30.3 Å². The second kappa shape index (κ2) is 8.34. The number of carbonyl (C=O) groups excluding carboxylic acids is 2. The molecule has 0 amide bonds. The standard InChI is InChI=1S/C19H16O4/c1-2-18(20)23-14-16-8-10-17(11-9-16)19(21)22-13-12-15-6-4-3-5-7-15/h2-13H,1,14H2/b13-12+. The molecule has 0 aliphatic heterocycles. The Labute approximate surface area is 134 Å². The third-order valence-corrected chi connectivity index (χ3v) is 2.97. The third-order valence-electron chi connectivity index (χ3n) is 2.97. The Bertz CT molecular complexity index is 700. The van der Waals surface area contributed by atoms with Gasteiger partial charge in [-0.25, -0.2) is 9.59 Å². The van der Waals surface area contributed by atoms with Crippen LogP contribution in [0.1, 0.15) is 21.5 Å². The van der Waals surface area contributed by atoms with E-state index in [-0.39, 0.29) is 6.61 Å². The van der Waals surface area contributed by atoms with E-state index in [1.165, 1.54) is 6.26 Å². The Morgan fingerprint density at radius 2 is 1.70 bits per heavy atom. The number of carbonyl (C=O) groups is 2. The van der Waals surface area contributed by atoms with Gasteiger partial charge in [0.2, 0.25) is 0 Å². The molecule has 0 aromatic heterocycles. The van der Waals surface area contributed by atoms with E-state index >= 15 is 0 Å². The molecule has 0 saturated carbocycles. The van der Waals surface area contributed by atoms with Crippen molar-refractivity contribution in [1.82, 2.24) is 0 Å². The van der Waals surface area contributed by atoms with Gasteiger partial charge in [-0.15, -0.1) is 0 Å². The fraction of sp³-hybridized carbons (Fsp3) is 0.0526. The first-order valence-corrected chi connectivity index (χ1v) is 7.00. The zero-order valence-electron chi connectivity index (χ0n) is 12.5. The molecular weight excluding hydrogens is 292 g/mol. The molecule has 23 heavy (non-hydrogen) atoms. The monoisotopic (exact) mass is 308 g/mol. The smallest absolute Gasteiger partial charge is 0.342 e. The van der Waals surface area contributed by atoms with Crippen molar-refractivity contribution in [2.75, 3.05) is 0 Å². The van der Waals surface area contributed by atoms with E-state index in [2.05, 4.69) is 6.58 Å². The van der Waals surface area contributed by atoms with E-state index in [4.69, 9.17) is 9.47 Å². The lowest BCUT2D eigenvalue weighted by Crippen LogP contribution is -2.02. The van der Waals surface area contributed by atoms with Crippen LogP contribution in [0.5, 0.6) is 0 Å². The van der Waals surface area contributed by atoms with Crippen LogP contribution >= 0.6 is 0 Å². The van der Waals surface area contributed by atoms with Crippen molar-refractivity contribution in [2.24, 2.45) is 0 Å². The van der Waals surface area contributed by atoms with Gasteiger partial charge >= 0.3 is 11.9 Å². The van der Waals surface area contributed by atoms with Gasteiger partial charge in [0.25, 0.3) is 0 Å². The maximum Gasteiger partial charge on any atom is 0.342 e. The predicted octanol–water partition coefficient (Wildman–Crippen LogP) is 3.74. The van der Waals surface area contributed by atoms with Crippen LogP contribution in [-0.2, 0) is 20.9 Å². The molecule has 2 aromatic rings. The molecular formula is C19H16O4. The van der Waals surface area contributed by atoms with E-state index in [0.717, 1.165) is 17.2 Å². The minimum absolute atomic E-state index is 0.133. The Morgan fingerprint density at radius 1 is 1.00 bits per heavy atom. The van der Waals surface area contributed by atoms with Gasteiger partial charge in [-0.2, -0.15) is 0 Å². The summed E-state index contributed by atoms with van der Waals surface area (Å²) in [5.41, 5.74) is 2.14. The molecule has 0 aliphatic rings. The van der Waals surface area contributed by atoms with E-state index in [9.17, 15) is 9.59 Å². The molecule has 0 fully saturated rings. The number of rotatable bonds is 6. The van der Waals surface area contributed by atoms with Crippen molar-refractivity contribution in [2.45, 2.75) is 6.61 Å². The van der Waals surface area contributed by atoms with Gasteiger partial charge in [0.05, 0.1) is 11.8 Å². The maximum atomic E-state index is 11.9. The van der Waals surface area contributed by atoms with Crippen molar-refractivity contribution in [3.05, 3.63) is 90.2 Å². The van der Waals surface area contributed by atoms with E-state index in [0.29, 0.717) is 5.56 Å². The van der Waals surface area contributed by atoms with Crippen LogP contribution < -0.4 is 0 Å². The first-order chi connectivity index (χ1) is 11.2. The average Bonchev–Trinajstić information content (AvgIpc) is 2.61. The number of benzene rings is 2. The number of ether oxygens (including phenoxy) is 2. The highest BCUT2D eigenvalue weighted by Gasteiger charge is 2.06. The molecule has 4 heteroatoms. The lowest BCUT2D eigenvalue weighted by atomic mass is 10.1. The highest BCUT2D eigenvalue weighted by atomic mass is 16.5. The molecule has 0 aliphatic carbocycles. The molecule has 0 bridgehead atoms. The highest BCUT2D eigenvalue weighted by molar-refractivity contribution is 5.90. The molecule has 0 N–H and O–H groups in total. The second-order valence-electron chi connectivity index (χ2n) is 4.63. The number of hydrogen-bond acceptors (Lipinski definition) is 4. The van der Waals surface area contributed by atoms with Crippen LogP contribution in [0.15, 0.2) is 73.5 Å². The van der Waals surface area contributed by atoms with Gasteiger partial charge in [-0.05, 0) is 29.3 Å². The summed E-state index contributed by atoms with van der Waals surface area (Å²) in [4.78, 5) is 22.9. The quantitative estimate of drug-likeness (QED) is 0.463. The fourth-order valence-electron chi connectivity index (χ4n) is 1.76. The van der Waals surface area contributed by atoms with Gasteiger partial charge in [-0.3, -0.25) is 0 Å². The number of hydrogen-bond donors (Lipinski definition) is 0. The molecule has 0 radical (unpaired) electrons. The maximum absolute atomic E-state index is 11.9. The van der Waals surface area contributed by atoms with Gasteiger partial charge in [0, 0.05) is 6.08 Å². The number of esters is 2. The Balaban J connectivity index is 1.88. The summed E-state index contributed by atoms with van der Waals surface area (Å²) in [6.45, 7) is 3.45. The molecule has 0 unspecified atom stereocenters. The van der Waals surface area contributed by atoms with Crippen molar-refractivity contribution < 1.29 is 19.1 Å². The van der Waals surface area contributed by atoms with Crippen molar-refractivity contribution in [3.63, 3.8) is 0 Å². The normalized spacial score (nSPS) is 10.3. The van der Waals surface area contributed by atoms with Gasteiger partial charge in [-0.1, -0.05) is 49.0 Å². The van der Waals surface area contributed by atoms with Crippen LogP contribution in [0.25, 0.3) is 6.08 Å². The van der Waals surface area contributed by atoms with Crippen LogP contribution in [0.2, 0.25) is 0 Å². The molecule has 0 spiro atoms. The molecule has 0 atom stereocenters. The lowest BCUT2D eigenvalue weighted by Gasteiger charge is -2.04. The Kier molecular flexibility index (Phi) is 5.89. The van der Waals surface area contributed by atoms with Crippen molar-refractivity contribution in [3.8, 4) is 0 Å². The third kappa shape index (κ3) is 5.28. The zero-order valence-corrected chi connectivity index (χ0v) is 12.5. The van der Waals surface area contributed by atoms with Gasteiger partial charge in [0.15, 0.2) is 0 Å². The van der Waals surface area contributed by atoms with Crippen molar-refractivity contribution in [1.29, 1.82) is 0 Å². The van der Waals surface area contributed by atoms with Crippen molar-refractivity contribution >= 4 is 18.0 Å². The molecule has 2 aromatic carbocycles.